The molecule has 0 spiro atoms. The lowest BCUT2D eigenvalue weighted by Gasteiger charge is -2.39. The molecule has 1 saturated carbocycles. The standard InChI is InChI=1S/C14H16F4O2/c1-20-12-4-2-3-7-13(12,19)9-5-6-10(11(15)8-9)14(16,17)18/h5-6,8,12,19H,2-4,7H2,1H3. The minimum absolute atomic E-state index is 0.134. The van der Waals surface area contributed by atoms with Gasteiger partial charge in [0.2, 0.25) is 0 Å². The molecule has 1 N–H and O–H groups in total. The summed E-state index contributed by atoms with van der Waals surface area (Å²) < 4.78 is 56.4. The molecule has 0 aromatic heterocycles. The molecule has 0 radical (unpaired) electrons. The third kappa shape index (κ3) is 2.67. The molecule has 112 valence electrons. The Balaban J connectivity index is 2.40. The number of halogens is 4. The van der Waals surface area contributed by atoms with Gasteiger partial charge in [0, 0.05) is 7.11 Å². The fraction of sp³-hybridized carbons (Fsp3) is 0.571. The summed E-state index contributed by atoms with van der Waals surface area (Å²) in [6.07, 6.45) is -2.75. The molecule has 2 atom stereocenters. The van der Waals surface area contributed by atoms with Crippen molar-refractivity contribution >= 4 is 0 Å². The topological polar surface area (TPSA) is 29.5 Å². The molecule has 2 unspecified atom stereocenters. The quantitative estimate of drug-likeness (QED) is 0.844. The maximum atomic E-state index is 13.6. The van der Waals surface area contributed by atoms with Gasteiger partial charge in [0.15, 0.2) is 0 Å². The van der Waals surface area contributed by atoms with E-state index in [-0.39, 0.29) is 5.56 Å². The second kappa shape index (κ2) is 5.33. The van der Waals surface area contributed by atoms with Gasteiger partial charge in [-0.3, -0.25) is 0 Å². The maximum absolute atomic E-state index is 13.6. The Morgan fingerprint density at radius 1 is 1.30 bits per heavy atom. The number of benzene rings is 1. The van der Waals surface area contributed by atoms with Gasteiger partial charge in [-0.1, -0.05) is 18.9 Å². The fourth-order valence-corrected chi connectivity index (χ4v) is 2.78. The molecule has 1 aliphatic rings. The van der Waals surface area contributed by atoms with E-state index in [1.54, 1.807) is 0 Å². The van der Waals surface area contributed by atoms with Crippen molar-refractivity contribution < 1.29 is 27.4 Å². The van der Waals surface area contributed by atoms with Crippen LogP contribution in [0.2, 0.25) is 0 Å². The van der Waals surface area contributed by atoms with Crippen molar-refractivity contribution in [1.82, 2.24) is 0 Å². The molecule has 1 aromatic carbocycles. The first kappa shape index (κ1) is 15.3. The summed E-state index contributed by atoms with van der Waals surface area (Å²) >= 11 is 0. The van der Waals surface area contributed by atoms with Crippen LogP contribution in [0.3, 0.4) is 0 Å². The predicted molar refractivity (Wildman–Crippen MR) is 64.6 cm³/mol. The number of hydrogen-bond acceptors (Lipinski definition) is 2. The van der Waals surface area contributed by atoms with Gasteiger partial charge >= 0.3 is 6.18 Å². The van der Waals surface area contributed by atoms with Crippen LogP contribution in [0.1, 0.15) is 36.8 Å². The summed E-state index contributed by atoms with van der Waals surface area (Å²) in [5.41, 5.74) is -2.62. The van der Waals surface area contributed by atoms with Gasteiger partial charge in [-0.15, -0.1) is 0 Å². The third-order valence-electron chi connectivity index (χ3n) is 3.87. The summed E-state index contributed by atoms with van der Waals surface area (Å²) in [4.78, 5) is 0. The number of aliphatic hydroxyl groups is 1. The molecule has 0 amide bonds. The molecule has 6 heteroatoms. The Morgan fingerprint density at radius 2 is 2.00 bits per heavy atom. The van der Waals surface area contributed by atoms with Gasteiger partial charge in [-0.05, 0) is 30.5 Å². The highest BCUT2D eigenvalue weighted by Gasteiger charge is 2.42. The van der Waals surface area contributed by atoms with E-state index in [0.29, 0.717) is 18.9 Å². The Labute approximate surface area is 114 Å². The normalized spacial score (nSPS) is 27.6. The zero-order valence-electron chi connectivity index (χ0n) is 11.0. The van der Waals surface area contributed by atoms with Gasteiger partial charge in [0.1, 0.15) is 11.4 Å². The second-order valence-electron chi connectivity index (χ2n) is 5.09. The van der Waals surface area contributed by atoms with Crippen LogP contribution in [0.25, 0.3) is 0 Å². The summed E-state index contributed by atoms with van der Waals surface area (Å²) in [5, 5.41) is 10.6. The molecule has 20 heavy (non-hydrogen) atoms. The van der Waals surface area contributed by atoms with E-state index >= 15 is 0 Å². The zero-order chi connectivity index (χ0) is 15.0. The zero-order valence-corrected chi connectivity index (χ0v) is 11.0. The van der Waals surface area contributed by atoms with Crippen LogP contribution in [-0.2, 0) is 16.5 Å². The van der Waals surface area contributed by atoms with Crippen molar-refractivity contribution in [2.24, 2.45) is 0 Å². The van der Waals surface area contributed by atoms with Crippen LogP contribution in [0.5, 0.6) is 0 Å². The molecule has 1 fully saturated rings. The lowest BCUT2D eigenvalue weighted by molar-refractivity contribution is -0.140. The molecule has 2 rings (SSSR count). The Bertz CT molecular complexity index is 487. The Kier molecular flexibility index (Phi) is 4.07. The summed E-state index contributed by atoms with van der Waals surface area (Å²) in [7, 11) is 1.43. The predicted octanol–water partition coefficient (Wildman–Crippen LogP) is 3.62. The third-order valence-corrected chi connectivity index (χ3v) is 3.87. The van der Waals surface area contributed by atoms with Crippen LogP contribution in [0.4, 0.5) is 17.6 Å². The van der Waals surface area contributed by atoms with E-state index in [9.17, 15) is 22.7 Å². The molecule has 0 bridgehead atoms. The van der Waals surface area contributed by atoms with Gasteiger partial charge in [-0.2, -0.15) is 13.2 Å². The first-order valence-corrected chi connectivity index (χ1v) is 6.41. The van der Waals surface area contributed by atoms with Crippen LogP contribution in [0, 0.1) is 5.82 Å². The van der Waals surface area contributed by atoms with Gasteiger partial charge < -0.3 is 9.84 Å². The number of alkyl halides is 3. The largest absolute Gasteiger partial charge is 0.419 e. The number of methoxy groups -OCH3 is 1. The average Bonchev–Trinajstić information content (AvgIpc) is 2.37. The van der Waals surface area contributed by atoms with Gasteiger partial charge in [0.05, 0.1) is 11.7 Å². The average molecular weight is 292 g/mol. The molecule has 1 aliphatic carbocycles. The monoisotopic (exact) mass is 292 g/mol. The van der Waals surface area contributed by atoms with E-state index in [2.05, 4.69) is 0 Å². The van der Waals surface area contributed by atoms with Crippen molar-refractivity contribution in [3.63, 3.8) is 0 Å². The van der Waals surface area contributed by atoms with Crippen molar-refractivity contribution in [3.8, 4) is 0 Å². The SMILES string of the molecule is COC1CCCCC1(O)c1ccc(C(F)(F)F)c(F)c1. The van der Waals surface area contributed by atoms with Gasteiger partial charge in [-0.25, -0.2) is 4.39 Å². The fourth-order valence-electron chi connectivity index (χ4n) is 2.78. The molecule has 1 aromatic rings. The molecule has 0 saturated heterocycles. The van der Waals surface area contributed by atoms with Crippen LogP contribution in [-0.4, -0.2) is 18.3 Å². The van der Waals surface area contributed by atoms with Crippen LogP contribution < -0.4 is 0 Å². The minimum atomic E-state index is -4.74. The molecule has 2 nitrogen and oxygen atoms in total. The van der Waals surface area contributed by atoms with Crippen molar-refractivity contribution in [2.45, 2.75) is 43.6 Å². The van der Waals surface area contributed by atoms with E-state index in [0.717, 1.165) is 25.0 Å². The van der Waals surface area contributed by atoms with Crippen LogP contribution >= 0.6 is 0 Å². The highest BCUT2D eigenvalue weighted by molar-refractivity contribution is 5.31. The highest BCUT2D eigenvalue weighted by Crippen LogP contribution is 2.40. The number of ether oxygens (including phenoxy) is 1. The van der Waals surface area contributed by atoms with Crippen molar-refractivity contribution in [3.05, 3.63) is 35.1 Å². The van der Waals surface area contributed by atoms with Crippen molar-refractivity contribution in [1.29, 1.82) is 0 Å². The van der Waals surface area contributed by atoms with E-state index in [4.69, 9.17) is 4.74 Å². The summed E-state index contributed by atoms with van der Waals surface area (Å²) in [6.45, 7) is 0. The smallest absolute Gasteiger partial charge is 0.382 e. The lowest BCUT2D eigenvalue weighted by Crippen LogP contribution is -2.43. The highest BCUT2D eigenvalue weighted by atomic mass is 19.4. The maximum Gasteiger partial charge on any atom is 0.419 e. The molecular formula is C14H16F4O2. The molecule has 0 aliphatic heterocycles. The number of rotatable bonds is 2. The van der Waals surface area contributed by atoms with Crippen molar-refractivity contribution in [2.75, 3.05) is 7.11 Å². The van der Waals surface area contributed by atoms with Gasteiger partial charge in [0.25, 0.3) is 0 Å². The number of hydrogen-bond donors (Lipinski definition) is 1. The lowest BCUT2D eigenvalue weighted by atomic mass is 9.77. The van der Waals surface area contributed by atoms with E-state index in [1.807, 2.05) is 0 Å². The van der Waals surface area contributed by atoms with E-state index < -0.39 is 29.3 Å². The second-order valence-corrected chi connectivity index (χ2v) is 5.09. The van der Waals surface area contributed by atoms with Crippen LogP contribution in [0.15, 0.2) is 18.2 Å². The summed E-state index contributed by atoms with van der Waals surface area (Å²) in [6, 6.07) is 2.56. The summed E-state index contributed by atoms with van der Waals surface area (Å²) in [5.74, 6) is -1.37. The molecule has 0 heterocycles. The Morgan fingerprint density at radius 3 is 2.55 bits per heavy atom. The first-order valence-electron chi connectivity index (χ1n) is 6.41. The molecular weight excluding hydrogens is 276 g/mol. The first-order chi connectivity index (χ1) is 9.29. The van der Waals surface area contributed by atoms with E-state index in [1.165, 1.54) is 7.11 Å². The minimum Gasteiger partial charge on any atom is -0.382 e. The Hall–Kier alpha value is -1.14.